The molecule has 0 heterocycles. The van der Waals surface area contributed by atoms with Crippen molar-refractivity contribution in [3.05, 3.63) is 29.8 Å². The molecule has 0 aromatic heterocycles. The highest BCUT2D eigenvalue weighted by Crippen LogP contribution is 2.09. The third-order valence-corrected chi connectivity index (χ3v) is 2.86. The third-order valence-electron chi connectivity index (χ3n) is 2.86. The molecular formula is C15H25NO. The van der Waals surface area contributed by atoms with Crippen molar-refractivity contribution in [1.82, 2.24) is 0 Å². The van der Waals surface area contributed by atoms with Gasteiger partial charge in [-0.05, 0) is 24.1 Å². The Morgan fingerprint density at radius 3 is 2.59 bits per heavy atom. The van der Waals surface area contributed by atoms with Gasteiger partial charge in [-0.2, -0.15) is 0 Å². The summed E-state index contributed by atoms with van der Waals surface area (Å²) in [6.07, 6.45) is 7.85. The highest BCUT2D eigenvalue weighted by Gasteiger charge is 1.94. The van der Waals surface area contributed by atoms with Gasteiger partial charge in [-0.3, -0.25) is 0 Å². The van der Waals surface area contributed by atoms with E-state index in [1.807, 2.05) is 18.2 Å². The van der Waals surface area contributed by atoms with Crippen molar-refractivity contribution in [2.75, 3.05) is 12.3 Å². The SMILES string of the molecule is CCCCCCCCOCc1cccc(N)c1. The number of unbranched alkanes of at least 4 members (excludes halogenated alkanes) is 5. The van der Waals surface area contributed by atoms with Crippen LogP contribution in [-0.2, 0) is 11.3 Å². The van der Waals surface area contributed by atoms with Gasteiger partial charge in [-0.25, -0.2) is 0 Å². The Labute approximate surface area is 105 Å². The average Bonchev–Trinajstić information content (AvgIpc) is 2.33. The predicted molar refractivity (Wildman–Crippen MR) is 73.9 cm³/mol. The van der Waals surface area contributed by atoms with Crippen LogP contribution in [0.3, 0.4) is 0 Å². The lowest BCUT2D eigenvalue weighted by Gasteiger charge is -2.05. The summed E-state index contributed by atoms with van der Waals surface area (Å²) in [6.45, 7) is 3.79. The van der Waals surface area contributed by atoms with Gasteiger partial charge in [0, 0.05) is 12.3 Å². The molecule has 0 atom stereocenters. The second kappa shape index (κ2) is 9.06. The Kier molecular flexibility index (Phi) is 7.48. The Hall–Kier alpha value is -1.02. The fourth-order valence-corrected chi connectivity index (χ4v) is 1.86. The second-order valence-electron chi connectivity index (χ2n) is 4.57. The molecule has 1 aromatic rings. The maximum atomic E-state index is 5.70. The third kappa shape index (κ3) is 7.01. The molecule has 0 fully saturated rings. The number of hydrogen-bond acceptors (Lipinski definition) is 2. The number of nitrogen functional groups attached to an aromatic ring is 1. The lowest BCUT2D eigenvalue weighted by atomic mass is 10.1. The molecule has 0 saturated carbocycles. The van der Waals surface area contributed by atoms with Gasteiger partial charge >= 0.3 is 0 Å². The normalized spacial score (nSPS) is 10.6. The second-order valence-corrected chi connectivity index (χ2v) is 4.57. The molecule has 1 rings (SSSR count). The molecule has 2 nitrogen and oxygen atoms in total. The minimum atomic E-state index is 0.681. The molecule has 0 aliphatic carbocycles. The molecule has 96 valence electrons. The van der Waals surface area contributed by atoms with Crippen LogP contribution in [0, 0.1) is 0 Å². The zero-order valence-electron chi connectivity index (χ0n) is 11.0. The first-order chi connectivity index (χ1) is 8.33. The van der Waals surface area contributed by atoms with Gasteiger partial charge in [-0.15, -0.1) is 0 Å². The van der Waals surface area contributed by atoms with E-state index < -0.39 is 0 Å². The Morgan fingerprint density at radius 2 is 1.82 bits per heavy atom. The van der Waals surface area contributed by atoms with Gasteiger partial charge in [0.2, 0.25) is 0 Å². The highest BCUT2D eigenvalue weighted by atomic mass is 16.5. The standard InChI is InChI=1S/C15H25NO/c1-2-3-4-5-6-7-11-17-13-14-9-8-10-15(16)12-14/h8-10,12H,2-7,11,13,16H2,1H3. The lowest BCUT2D eigenvalue weighted by molar-refractivity contribution is 0.116. The van der Waals surface area contributed by atoms with E-state index in [9.17, 15) is 0 Å². The highest BCUT2D eigenvalue weighted by molar-refractivity contribution is 5.40. The molecule has 0 bridgehead atoms. The molecule has 0 aliphatic heterocycles. The van der Waals surface area contributed by atoms with Gasteiger partial charge in [-0.1, -0.05) is 51.2 Å². The smallest absolute Gasteiger partial charge is 0.0717 e. The van der Waals surface area contributed by atoms with Crippen LogP contribution in [0.1, 0.15) is 51.0 Å². The van der Waals surface area contributed by atoms with E-state index >= 15 is 0 Å². The minimum Gasteiger partial charge on any atom is -0.399 e. The van der Waals surface area contributed by atoms with Crippen molar-refractivity contribution in [3.8, 4) is 0 Å². The van der Waals surface area contributed by atoms with Crippen molar-refractivity contribution >= 4 is 5.69 Å². The van der Waals surface area contributed by atoms with Gasteiger partial charge in [0.1, 0.15) is 0 Å². The number of rotatable bonds is 9. The summed E-state index contributed by atoms with van der Waals surface area (Å²) in [5.41, 5.74) is 7.68. The van der Waals surface area contributed by atoms with E-state index in [4.69, 9.17) is 10.5 Å². The Bertz CT molecular complexity index is 299. The van der Waals surface area contributed by atoms with E-state index in [1.165, 1.54) is 38.5 Å². The van der Waals surface area contributed by atoms with E-state index in [0.717, 1.165) is 17.9 Å². The molecule has 0 saturated heterocycles. The van der Waals surface area contributed by atoms with Crippen molar-refractivity contribution in [2.45, 2.75) is 52.1 Å². The van der Waals surface area contributed by atoms with Crippen molar-refractivity contribution < 1.29 is 4.74 Å². The maximum absolute atomic E-state index is 5.70. The van der Waals surface area contributed by atoms with Crippen molar-refractivity contribution in [2.24, 2.45) is 0 Å². The molecule has 0 unspecified atom stereocenters. The quantitative estimate of drug-likeness (QED) is 0.515. The molecular weight excluding hydrogens is 210 g/mol. The summed E-state index contributed by atoms with van der Waals surface area (Å²) in [6, 6.07) is 7.90. The van der Waals surface area contributed by atoms with E-state index in [-0.39, 0.29) is 0 Å². The predicted octanol–water partition coefficient (Wildman–Crippen LogP) is 4.15. The summed E-state index contributed by atoms with van der Waals surface area (Å²) < 4.78 is 5.63. The fraction of sp³-hybridized carbons (Fsp3) is 0.600. The first-order valence-corrected chi connectivity index (χ1v) is 6.75. The van der Waals surface area contributed by atoms with Crippen LogP contribution in [0.5, 0.6) is 0 Å². The van der Waals surface area contributed by atoms with E-state index in [2.05, 4.69) is 13.0 Å². The van der Waals surface area contributed by atoms with Crippen molar-refractivity contribution in [3.63, 3.8) is 0 Å². The van der Waals surface area contributed by atoms with Crippen molar-refractivity contribution in [1.29, 1.82) is 0 Å². The maximum Gasteiger partial charge on any atom is 0.0717 e. The summed E-state index contributed by atoms with van der Waals surface area (Å²) in [5, 5.41) is 0. The summed E-state index contributed by atoms with van der Waals surface area (Å²) in [5.74, 6) is 0. The van der Waals surface area contributed by atoms with Crippen LogP contribution in [0.2, 0.25) is 0 Å². The molecule has 0 radical (unpaired) electrons. The molecule has 0 amide bonds. The summed E-state index contributed by atoms with van der Waals surface area (Å²) >= 11 is 0. The Morgan fingerprint density at radius 1 is 1.06 bits per heavy atom. The van der Waals surface area contributed by atoms with E-state index in [0.29, 0.717) is 6.61 Å². The average molecular weight is 235 g/mol. The summed E-state index contributed by atoms with van der Waals surface area (Å²) in [4.78, 5) is 0. The van der Waals surface area contributed by atoms with E-state index in [1.54, 1.807) is 0 Å². The van der Waals surface area contributed by atoms with Gasteiger partial charge in [0.15, 0.2) is 0 Å². The molecule has 2 heteroatoms. The van der Waals surface area contributed by atoms with Gasteiger partial charge < -0.3 is 10.5 Å². The number of hydrogen-bond donors (Lipinski definition) is 1. The molecule has 0 spiro atoms. The van der Waals surface area contributed by atoms with Gasteiger partial charge in [0.25, 0.3) is 0 Å². The number of nitrogens with two attached hydrogens (primary N) is 1. The first-order valence-electron chi connectivity index (χ1n) is 6.75. The monoisotopic (exact) mass is 235 g/mol. The van der Waals surface area contributed by atoms with Crippen LogP contribution in [0.4, 0.5) is 5.69 Å². The molecule has 1 aromatic carbocycles. The zero-order chi connectivity index (χ0) is 12.3. The number of anilines is 1. The van der Waals surface area contributed by atoms with Crippen LogP contribution in [-0.4, -0.2) is 6.61 Å². The minimum absolute atomic E-state index is 0.681. The van der Waals surface area contributed by atoms with Crippen LogP contribution >= 0.6 is 0 Å². The number of benzene rings is 1. The largest absolute Gasteiger partial charge is 0.399 e. The molecule has 2 N–H and O–H groups in total. The topological polar surface area (TPSA) is 35.2 Å². The lowest BCUT2D eigenvalue weighted by Crippen LogP contribution is -1.96. The molecule has 17 heavy (non-hydrogen) atoms. The zero-order valence-corrected chi connectivity index (χ0v) is 11.0. The summed E-state index contributed by atoms with van der Waals surface area (Å²) in [7, 11) is 0. The van der Waals surface area contributed by atoms with Crippen LogP contribution in [0.15, 0.2) is 24.3 Å². The van der Waals surface area contributed by atoms with Crippen LogP contribution < -0.4 is 5.73 Å². The molecule has 0 aliphatic rings. The van der Waals surface area contributed by atoms with Gasteiger partial charge in [0.05, 0.1) is 6.61 Å². The first kappa shape index (κ1) is 14.0. The Balaban J connectivity index is 1.97. The number of ether oxygens (including phenoxy) is 1. The van der Waals surface area contributed by atoms with Crippen LogP contribution in [0.25, 0.3) is 0 Å². The fourth-order valence-electron chi connectivity index (χ4n) is 1.86.